The highest BCUT2D eigenvalue weighted by Gasteiger charge is 2.14. The molecule has 2 aromatic heterocycles. The Bertz CT molecular complexity index is 1310. The van der Waals surface area contributed by atoms with Gasteiger partial charge >= 0.3 is 0 Å². The van der Waals surface area contributed by atoms with Crippen LogP contribution in [0.5, 0.6) is 0 Å². The fourth-order valence-electron chi connectivity index (χ4n) is 2.84. The highest BCUT2D eigenvalue weighted by atomic mass is 32.2. The molecule has 13 heteroatoms. The molecule has 0 fully saturated rings. The number of amides is 2. The quantitative estimate of drug-likeness (QED) is 0.145. The summed E-state index contributed by atoms with van der Waals surface area (Å²) in [5.74, 6) is -0.0616. The van der Waals surface area contributed by atoms with E-state index in [2.05, 4.69) is 31.0 Å². The van der Waals surface area contributed by atoms with Crippen LogP contribution in [-0.2, 0) is 16.0 Å². The zero-order valence-electron chi connectivity index (χ0n) is 18.7. The van der Waals surface area contributed by atoms with Gasteiger partial charge in [0.05, 0.1) is 11.5 Å². The van der Waals surface area contributed by atoms with Gasteiger partial charge in [-0.2, -0.15) is 0 Å². The second kappa shape index (κ2) is 13.3. The number of benzene rings is 2. The molecule has 2 aromatic carbocycles. The van der Waals surface area contributed by atoms with Crippen LogP contribution in [0.2, 0.25) is 0 Å². The van der Waals surface area contributed by atoms with E-state index in [1.165, 1.54) is 46.2 Å². The van der Waals surface area contributed by atoms with E-state index in [1.807, 2.05) is 48.5 Å². The third-order valence-electron chi connectivity index (χ3n) is 4.54. The molecule has 4 aromatic rings. The van der Waals surface area contributed by atoms with Crippen molar-refractivity contribution < 1.29 is 14.4 Å². The number of carbonyl (C=O) groups excluding carboxylic acids is 3. The third-order valence-corrected chi connectivity index (χ3v) is 8.48. The summed E-state index contributed by atoms with van der Waals surface area (Å²) in [4.78, 5) is 36.6. The molecule has 2 heterocycles. The molecule has 0 spiro atoms. The molecular formula is C23H20N6O3S4. The lowest BCUT2D eigenvalue weighted by Crippen LogP contribution is -2.13. The van der Waals surface area contributed by atoms with Crippen molar-refractivity contribution in [3.05, 3.63) is 71.8 Å². The molecule has 36 heavy (non-hydrogen) atoms. The molecule has 0 aliphatic carbocycles. The molecule has 0 saturated heterocycles. The van der Waals surface area contributed by atoms with Crippen LogP contribution in [0.15, 0.2) is 69.3 Å². The summed E-state index contributed by atoms with van der Waals surface area (Å²) in [6.45, 7) is 0. The van der Waals surface area contributed by atoms with Crippen LogP contribution in [0.1, 0.15) is 22.3 Å². The van der Waals surface area contributed by atoms with Crippen molar-refractivity contribution in [1.29, 1.82) is 0 Å². The number of anilines is 2. The van der Waals surface area contributed by atoms with Crippen LogP contribution in [0, 0.1) is 0 Å². The largest absolute Gasteiger partial charge is 0.300 e. The number of rotatable bonds is 12. The number of nitrogens with one attached hydrogen (secondary N) is 2. The Morgan fingerprint density at radius 1 is 0.694 bits per heavy atom. The van der Waals surface area contributed by atoms with Crippen LogP contribution in [0.25, 0.3) is 0 Å². The van der Waals surface area contributed by atoms with Crippen molar-refractivity contribution >= 4 is 74.1 Å². The van der Waals surface area contributed by atoms with Crippen molar-refractivity contribution in [1.82, 2.24) is 20.4 Å². The maximum atomic E-state index is 12.3. The topological polar surface area (TPSA) is 127 Å². The van der Waals surface area contributed by atoms with Gasteiger partial charge in [0.25, 0.3) is 0 Å². The van der Waals surface area contributed by atoms with E-state index in [4.69, 9.17) is 0 Å². The first-order valence-electron chi connectivity index (χ1n) is 10.7. The van der Waals surface area contributed by atoms with Crippen molar-refractivity contribution in [2.45, 2.75) is 21.5 Å². The van der Waals surface area contributed by atoms with Gasteiger partial charge < -0.3 is 5.32 Å². The molecule has 0 bridgehead atoms. The van der Waals surface area contributed by atoms with Crippen LogP contribution in [-0.4, -0.2) is 49.5 Å². The van der Waals surface area contributed by atoms with Crippen LogP contribution in [0.3, 0.4) is 0 Å². The first kappa shape index (κ1) is 25.9. The summed E-state index contributed by atoms with van der Waals surface area (Å²) in [6, 6.07) is 18.8. The first-order valence-corrected chi connectivity index (χ1v) is 14.3. The normalized spacial score (nSPS) is 10.7. The van der Waals surface area contributed by atoms with Crippen molar-refractivity contribution in [2.75, 3.05) is 22.1 Å². The van der Waals surface area contributed by atoms with Gasteiger partial charge in [0.1, 0.15) is 0 Å². The maximum absolute atomic E-state index is 12.3. The molecule has 0 aliphatic rings. The molecule has 0 unspecified atom stereocenters. The van der Waals surface area contributed by atoms with Gasteiger partial charge in [-0.05, 0) is 12.0 Å². The van der Waals surface area contributed by atoms with E-state index >= 15 is 0 Å². The number of aromatic nitrogens is 4. The average molecular weight is 557 g/mol. The van der Waals surface area contributed by atoms with Gasteiger partial charge in [0.2, 0.25) is 22.1 Å². The molecule has 0 radical (unpaired) electrons. The number of ketones is 1. The maximum Gasteiger partial charge on any atom is 0.236 e. The van der Waals surface area contributed by atoms with Crippen molar-refractivity contribution in [3.63, 3.8) is 0 Å². The fourth-order valence-corrected chi connectivity index (χ4v) is 6.07. The highest BCUT2D eigenvalue weighted by Crippen LogP contribution is 2.28. The minimum atomic E-state index is -0.267. The number of thioether (sulfide) groups is 2. The Hall–Kier alpha value is -3.13. The average Bonchev–Trinajstić information content (AvgIpc) is 3.55. The second-order valence-electron chi connectivity index (χ2n) is 7.19. The highest BCUT2D eigenvalue weighted by molar-refractivity contribution is 8.02. The minimum Gasteiger partial charge on any atom is -0.300 e. The Balaban J connectivity index is 1.16. The lowest BCUT2D eigenvalue weighted by molar-refractivity contribution is -0.116. The van der Waals surface area contributed by atoms with E-state index < -0.39 is 0 Å². The number of Topliss-reactive ketones (excluding diaryl/α,β-unsaturated/α-hetero) is 1. The van der Waals surface area contributed by atoms with E-state index in [-0.39, 0.29) is 29.1 Å². The number of nitrogens with zero attached hydrogens (tertiary/aromatic N) is 4. The molecule has 0 saturated carbocycles. The Labute approximate surface area is 223 Å². The van der Waals surface area contributed by atoms with Crippen LogP contribution >= 0.6 is 46.2 Å². The van der Waals surface area contributed by atoms with Gasteiger partial charge in [-0.25, -0.2) is 0 Å². The third kappa shape index (κ3) is 8.22. The van der Waals surface area contributed by atoms with Crippen molar-refractivity contribution in [3.8, 4) is 0 Å². The monoisotopic (exact) mass is 556 g/mol. The Morgan fingerprint density at radius 3 is 1.89 bits per heavy atom. The van der Waals surface area contributed by atoms with Gasteiger partial charge in [-0.1, -0.05) is 107 Å². The van der Waals surface area contributed by atoms with E-state index in [0.717, 1.165) is 5.56 Å². The molecule has 0 atom stereocenters. The van der Waals surface area contributed by atoms with Gasteiger partial charge in [0.15, 0.2) is 14.5 Å². The van der Waals surface area contributed by atoms with Crippen molar-refractivity contribution in [2.24, 2.45) is 0 Å². The second-order valence-corrected chi connectivity index (χ2v) is 11.6. The summed E-state index contributed by atoms with van der Waals surface area (Å²) in [5.41, 5.74) is 1.74. The lowest BCUT2D eigenvalue weighted by Gasteiger charge is -2.01. The predicted octanol–water partition coefficient (Wildman–Crippen LogP) is 4.67. The summed E-state index contributed by atoms with van der Waals surface area (Å²) in [7, 11) is 0. The Kier molecular flexibility index (Phi) is 9.55. The first-order chi connectivity index (χ1) is 17.5. The number of hydrogen-bond acceptors (Lipinski definition) is 11. The van der Waals surface area contributed by atoms with Crippen LogP contribution in [0.4, 0.5) is 10.3 Å². The lowest BCUT2D eigenvalue weighted by atomic mass is 10.1. The van der Waals surface area contributed by atoms with E-state index in [1.54, 1.807) is 12.1 Å². The number of aryl methyl sites for hydroxylation is 1. The molecule has 9 nitrogen and oxygen atoms in total. The minimum absolute atomic E-state index is 0.00148. The van der Waals surface area contributed by atoms with Crippen LogP contribution < -0.4 is 10.6 Å². The van der Waals surface area contributed by atoms with E-state index in [0.29, 0.717) is 37.3 Å². The Morgan fingerprint density at radius 2 is 1.25 bits per heavy atom. The molecule has 0 aliphatic heterocycles. The smallest absolute Gasteiger partial charge is 0.236 e. The standard InChI is InChI=1S/C23H20N6O3S4/c30-17(16-9-5-2-6-10-16)13-33-22-28-27-21(36-22)25-19(32)14-34-23-29-26-20(35-23)24-18(31)12-11-15-7-3-1-4-8-15/h1-10H,11-14H2,(H,24,26,31)(H,25,27,32). The zero-order chi connectivity index (χ0) is 25.2. The zero-order valence-corrected chi connectivity index (χ0v) is 22.0. The summed E-state index contributed by atoms with van der Waals surface area (Å²) in [5, 5.41) is 22.1. The predicted molar refractivity (Wildman–Crippen MR) is 144 cm³/mol. The molecular weight excluding hydrogens is 537 g/mol. The molecule has 4 rings (SSSR count). The van der Waals surface area contributed by atoms with Gasteiger partial charge in [0, 0.05) is 12.0 Å². The summed E-state index contributed by atoms with van der Waals surface area (Å²) in [6.07, 6.45) is 0.986. The summed E-state index contributed by atoms with van der Waals surface area (Å²) >= 11 is 4.91. The van der Waals surface area contributed by atoms with E-state index in [9.17, 15) is 14.4 Å². The molecule has 2 amide bonds. The van der Waals surface area contributed by atoms with Gasteiger partial charge in [-0.15, -0.1) is 20.4 Å². The van der Waals surface area contributed by atoms with Gasteiger partial charge in [-0.3, -0.25) is 19.7 Å². The molecule has 2 N–H and O–H groups in total. The fraction of sp³-hybridized carbons (Fsp3) is 0.174. The molecule has 184 valence electrons. The number of hydrogen-bond donors (Lipinski definition) is 2. The SMILES string of the molecule is O=C(CCc1ccccc1)Nc1nnc(SCC(=O)Nc2nnc(SCC(=O)c3ccccc3)s2)s1. The summed E-state index contributed by atoms with van der Waals surface area (Å²) < 4.78 is 1.16. The number of carbonyl (C=O) groups is 3.